The summed E-state index contributed by atoms with van der Waals surface area (Å²) in [6.07, 6.45) is 2.28. The molecule has 1 aromatic carbocycles. The standard InChI is InChI=1S/C13H15BrCl2O/c1-3-13(2)10(14)7-11(13)17-9-6-4-5-8(15)12(9)16/h4-6,10-11H,3,7H2,1-2H3. The molecular formula is C13H15BrCl2O. The van der Waals surface area contributed by atoms with E-state index in [2.05, 4.69) is 29.8 Å². The number of hydrogen-bond acceptors (Lipinski definition) is 1. The van der Waals surface area contributed by atoms with Crippen LogP contribution in [0, 0.1) is 5.41 Å². The molecule has 17 heavy (non-hydrogen) atoms. The SMILES string of the molecule is CCC1(C)C(Br)CC1Oc1cccc(Cl)c1Cl. The average Bonchev–Trinajstić information content (AvgIpc) is 2.33. The number of halogens is 3. The number of ether oxygens (including phenoxy) is 1. The molecule has 1 fully saturated rings. The van der Waals surface area contributed by atoms with Crippen LogP contribution in [0.1, 0.15) is 26.7 Å². The van der Waals surface area contributed by atoms with Crippen LogP contribution in [-0.4, -0.2) is 10.9 Å². The molecule has 94 valence electrons. The lowest BCUT2D eigenvalue weighted by Crippen LogP contribution is -2.54. The fourth-order valence-corrected chi connectivity index (χ4v) is 3.42. The maximum absolute atomic E-state index is 6.12. The molecule has 0 spiro atoms. The van der Waals surface area contributed by atoms with Gasteiger partial charge in [-0.1, -0.05) is 59.0 Å². The first-order valence-electron chi connectivity index (χ1n) is 5.73. The highest BCUT2D eigenvalue weighted by Crippen LogP contribution is 2.50. The molecule has 1 aliphatic carbocycles. The zero-order valence-corrected chi connectivity index (χ0v) is 12.9. The van der Waals surface area contributed by atoms with Gasteiger partial charge in [0.25, 0.3) is 0 Å². The van der Waals surface area contributed by atoms with E-state index in [4.69, 9.17) is 27.9 Å². The lowest BCUT2D eigenvalue weighted by atomic mass is 9.65. The minimum atomic E-state index is 0.172. The number of alkyl halides is 1. The molecule has 3 atom stereocenters. The molecule has 0 radical (unpaired) electrons. The molecule has 3 unspecified atom stereocenters. The first-order valence-corrected chi connectivity index (χ1v) is 7.41. The van der Waals surface area contributed by atoms with Crippen molar-refractivity contribution >= 4 is 39.1 Å². The molecule has 1 aliphatic rings. The predicted molar refractivity (Wildman–Crippen MR) is 76.6 cm³/mol. The Morgan fingerprint density at radius 3 is 2.76 bits per heavy atom. The van der Waals surface area contributed by atoms with Gasteiger partial charge in [-0.15, -0.1) is 0 Å². The smallest absolute Gasteiger partial charge is 0.139 e. The third kappa shape index (κ3) is 2.32. The van der Waals surface area contributed by atoms with Gasteiger partial charge in [0, 0.05) is 10.2 Å². The van der Waals surface area contributed by atoms with Gasteiger partial charge in [0.05, 0.1) is 5.02 Å². The van der Waals surface area contributed by atoms with Crippen LogP contribution in [-0.2, 0) is 0 Å². The van der Waals surface area contributed by atoms with E-state index in [0.29, 0.717) is 20.6 Å². The maximum Gasteiger partial charge on any atom is 0.139 e. The second kappa shape index (κ2) is 4.99. The molecule has 1 saturated carbocycles. The molecule has 0 heterocycles. The molecule has 2 rings (SSSR count). The maximum atomic E-state index is 6.12. The van der Waals surface area contributed by atoms with Crippen LogP contribution < -0.4 is 4.74 Å². The van der Waals surface area contributed by atoms with Crippen molar-refractivity contribution in [3.8, 4) is 5.75 Å². The van der Waals surface area contributed by atoms with Gasteiger partial charge in [0.15, 0.2) is 0 Å². The minimum Gasteiger partial charge on any atom is -0.488 e. The van der Waals surface area contributed by atoms with Crippen LogP contribution in [0.5, 0.6) is 5.75 Å². The van der Waals surface area contributed by atoms with Gasteiger partial charge in [0.1, 0.15) is 16.9 Å². The van der Waals surface area contributed by atoms with Crippen molar-refractivity contribution in [1.29, 1.82) is 0 Å². The van der Waals surface area contributed by atoms with Gasteiger partial charge in [-0.05, 0) is 25.0 Å². The minimum absolute atomic E-state index is 0.172. The Morgan fingerprint density at radius 1 is 1.47 bits per heavy atom. The van der Waals surface area contributed by atoms with E-state index in [-0.39, 0.29) is 11.5 Å². The molecule has 0 aliphatic heterocycles. The summed E-state index contributed by atoms with van der Waals surface area (Å²) < 4.78 is 5.99. The molecule has 1 aromatic rings. The van der Waals surface area contributed by atoms with E-state index in [9.17, 15) is 0 Å². The van der Waals surface area contributed by atoms with E-state index >= 15 is 0 Å². The van der Waals surface area contributed by atoms with Crippen LogP contribution >= 0.6 is 39.1 Å². The van der Waals surface area contributed by atoms with Gasteiger partial charge in [-0.2, -0.15) is 0 Å². The summed E-state index contributed by atoms with van der Waals surface area (Å²) in [6, 6.07) is 5.49. The normalized spacial score (nSPS) is 32.1. The Bertz CT molecular complexity index is 424. The Balaban J connectivity index is 2.15. The number of hydrogen-bond donors (Lipinski definition) is 0. The van der Waals surface area contributed by atoms with Crippen molar-refractivity contribution in [3.05, 3.63) is 28.2 Å². The highest BCUT2D eigenvalue weighted by molar-refractivity contribution is 9.09. The summed E-state index contributed by atoms with van der Waals surface area (Å²) in [7, 11) is 0. The summed E-state index contributed by atoms with van der Waals surface area (Å²) in [4.78, 5) is 0.517. The summed E-state index contributed by atoms with van der Waals surface area (Å²) in [5, 5.41) is 1.04. The Morgan fingerprint density at radius 2 is 2.18 bits per heavy atom. The highest BCUT2D eigenvalue weighted by atomic mass is 79.9. The zero-order chi connectivity index (χ0) is 12.6. The van der Waals surface area contributed by atoms with Crippen molar-refractivity contribution in [2.45, 2.75) is 37.6 Å². The van der Waals surface area contributed by atoms with Crippen LogP contribution in [0.15, 0.2) is 18.2 Å². The first kappa shape index (κ1) is 13.5. The fourth-order valence-electron chi connectivity index (χ4n) is 2.13. The van der Waals surface area contributed by atoms with E-state index in [1.54, 1.807) is 6.07 Å². The van der Waals surface area contributed by atoms with Crippen molar-refractivity contribution in [2.24, 2.45) is 5.41 Å². The van der Waals surface area contributed by atoms with Crippen molar-refractivity contribution < 1.29 is 4.74 Å². The molecule has 0 bridgehead atoms. The summed E-state index contributed by atoms with van der Waals surface area (Å²) in [5.74, 6) is 0.684. The van der Waals surface area contributed by atoms with E-state index in [1.807, 2.05) is 12.1 Å². The number of benzene rings is 1. The second-order valence-corrected chi connectivity index (χ2v) is 6.61. The molecule has 1 nitrogen and oxygen atoms in total. The summed E-state index contributed by atoms with van der Waals surface area (Å²) >= 11 is 15.8. The van der Waals surface area contributed by atoms with Crippen LogP contribution in [0.25, 0.3) is 0 Å². The monoisotopic (exact) mass is 336 g/mol. The Kier molecular flexibility index (Phi) is 3.96. The van der Waals surface area contributed by atoms with Gasteiger partial charge in [-0.3, -0.25) is 0 Å². The van der Waals surface area contributed by atoms with Crippen LogP contribution in [0.4, 0.5) is 0 Å². The molecule has 0 N–H and O–H groups in total. The molecule has 0 amide bonds. The van der Waals surface area contributed by atoms with Gasteiger partial charge >= 0.3 is 0 Å². The first-order chi connectivity index (χ1) is 7.99. The lowest BCUT2D eigenvalue weighted by molar-refractivity contribution is -0.0242. The second-order valence-electron chi connectivity index (χ2n) is 4.72. The predicted octanol–water partition coefficient (Wildman–Crippen LogP) is 5.32. The largest absolute Gasteiger partial charge is 0.488 e. The van der Waals surface area contributed by atoms with Crippen molar-refractivity contribution in [1.82, 2.24) is 0 Å². The summed E-state index contributed by atoms with van der Waals surface area (Å²) in [5.41, 5.74) is 0.172. The van der Waals surface area contributed by atoms with Crippen LogP contribution in [0.2, 0.25) is 10.0 Å². The third-order valence-electron chi connectivity index (χ3n) is 3.82. The van der Waals surface area contributed by atoms with Gasteiger partial charge < -0.3 is 4.74 Å². The molecule has 4 heteroatoms. The molecule has 0 saturated heterocycles. The quantitative estimate of drug-likeness (QED) is 0.678. The van der Waals surface area contributed by atoms with Crippen LogP contribution in [0.3, 0.4) is 0 Å². The Hall–Kier alpha value is 0.0800. The Labute approximate surface area is 121 Å². The summed E-state index contributed by atoms with van der Waals surface area (Å²) in [6.45, 7) is 4.42. The zero-order valence-electron chi connectivity index (χ0n) is 9.84. The van der Waals surface area contributed by atoms with E-state index in [1.165, 1.54) is 0 Å². The van der Waals surface area contributed by atoms with Gasteiger partial charge in [0.2, 0.25) is 0 Å². The topological polar surface area (TPSA) is 9.23 Å². The molecular weight excluding hydrogens is 323 g/mol. The number of rotatable bonds is 3. The van der Waals surface area contributed by atoms with E-state index < -0.39 is 0 Å². The van der Waals surface area contributed by atoms with Gasteiger partial charge in [-0.25, -0.2) is 0 Å². The highest BCUT2D eigenvalue weighted by Gasteiger charge is 2.51. The van der Waals surface area contributed by atoms with Crippen molar-refractivity contribution in [3.63, 3.8) is 0 Å². The van der Waals surface area contributed by atoms with Crippen molar-refractivity contribution in [2.75, 3.05) is 0 Å². The average molecular weight is 338 g/mol. The molecule has 0 aromatic heterocycles. The lowest BCUT2D eigenvalue weighted by Gasteiger charge is -2.50. The fraction of sp³-hybridized carbons (Fsp3) is 0.538. The third-order valence-corrected chi connectivity index (χ3v) is 6.04. The van der Waals surface area contributed by atoms with E-state index in [0.717, 1.165) is 12.8 Å².